The van der Waals surface area contributed by atoms with Gasteiger partial charge in [-0.05, 0) is 80.8 Å². The van der Waals surface area contributed by atoms with Gasteiger partial charge in [-0.3, -0.25) is 8.89 Å². The van der Waals surface area contributed by atoms with E-state index in [0.717, 1.165) is 37.4 Å². The molecule has 2 fully saturated rings. The molecule has 1 aromatic carbocycles. The maximum absolute atomic E-state index is 12.8. The summed E-state index contributed by atoms with van der Waals surface area (Å²) in [6, 6.07) is 4.34. The molecule has 1 unspecified atom stereocenters. The molecule has 3 aromatic rings. The maximum atomic E-state index is 12.8. The summed E-state index contributed by atoms with van der Waals surface area (Å²) in [5.41, 5.74) is 4.00. The van der Waals surface area contributed by atoms with Crippen LogP contribution >= 0.6 is 11.6 Å². The summed E-state index contributed by atoms with van der Waals surface area (Å²) in [5, 5.41) is 15.2. The predicted octanol–water partition coefficient (Wildman–Crippen LogP) is 5.43. The van der Waals surface area contributed by atoms with Crippen molar-refractivity contribution < 1.29 is 8.95 Å². The molecule has 1 aliphatic carbocycles. The first kappa shape index (κ1) is 26.9. The SMILES string of the molecule is Cc1cc(Nc2ncc(Cl)c(Nc3cn(C)nc3S(=O)C(C)C)n2)c(OCC2CC2)cc1C1CCNCC1. The van der Waals surface area contributed by atoms with Gasteiger partial charge in [0.15, 0.2) is 10.8 Å². The van der Waals surface area contributed by atoms with Gasteiger partial charge in [0.05, 0.1) is 35.0 Å². The zero-order chi connectivity index (χ0) is 26.8. The van der Waals surface area contributed by atoms with Crippen LogP contribution in [0, 0.1) is 12.8 Å². The van der Waals surface area contributed by atoms with Crippen LogP contribution < -0.4 is 20.7 Å². The number of rotatable bonds is 10. The summed E-state index contributed by atoms with van der Waals surface area (Å²) in [6.45, 7) is 8.75. The van der Waals surface area contributed by atoms with Crippen molar-refractivity contribution in [2.75, 3.05) is 30.3 Å². The Balaban J connectivity index is 1.42. The summed E-state index contributed by atoms with van der Waals surface area (Å²) in [7, 11) is 0.520. The van der Waals surface area contributed by atoms with Gasteiger partial charge >= 0.3 is 0 Å². The van der Waals surface area contributed by atoms with Crippen molar-refractivity contribution in [2.45, 2.75) is 62.6 Å². The van der Waals surface area contributed by atoms with Gasteiger partial charge in [0, 0.05) is 18.5 Å². The Kier molecular flexibility index (Phi) is 8.20. The Morgan fingerprint density at radius 1 is 1.18 bits per heavy atom. The van der Waals surface area contributed by atoms with Crippen LogP contribution in [-0.2, 0) is 17.8 Å². The topological polar surface area (TPSA) is 106 Å². The number of hydrogen-bond acceptors (Lipinski definition) is 8. The minimum atomic E-state index is -1.27. The molecule has 9 nitrogen and oxygen atoms in total. The Hall–Kier alpha value is -2.69. The van der Waals surface area contributed by atoms with E-state index in [1.165, 1.54) is 24.0 Å². The van der Waals surface area contributed by atoms with E-state index in [1.807, 2.05) is 13.8 Å². The molecule has 0 amide bonds. The molecule has 2 aliphatic rings. The average molecular weight is 558 g/mol. The van der Waals surface area contributed by atoms with Gasteiger partial charge in [0.2, 0.25) is 5.95 Å². The minimum absolute atomic E-state index is 0.0753. The van der Waals surface area contributed by atoms with Gasteiger partial charge < -0.3 is 20.7 Å². The van der Waals surface area contributed by atoms with E-state index in [2.05, 4.69) is 50.1 Å². The molecule has 204 valence electrons. The quantitative estimate of drug-likeness (QED) is 0.303. The monoisotopic (exact) mass is 557 g/mol. The van der Waals surface area contributed by atoms with Crippen molar-refractivity contribution in [3.05, 3.63) is 40.7 Å². The van der Waals surface area contributed by atoms with Crippen LogP contribution in [0.4, 0.5) is 23.1 Å². The lowest BCUT2D eigenvalue weighted by molar-refractivity contribution is 0.300. The fourth-order valence-electron chi connectivity index (χ4n) is 4.67. The number of aromatic nitrogens is 4. The average Bonchev–Trinajstić information content (AvgIpc) is 3.66. The van der Waals surface area contributed by atoms with Crippen molar-refractivity contribution in [3.8, 4) is 5.75 Å². The zero-order valence-electron chi connectivity index (χ0n) is 22.4. The van der Waals surface area contributed by atoms with E-state index < -0.39 is 10.8 Å². The molecule has 0 radical (unpaired) electrons. The summed E-state index contributed by atoms with van der Waals surface area (Å²) in [6.07, 6.45) is 8.03. The van der Waals surface area contributed by atoms with Crippen molar-refractivity contribution in [2.24, 2.45) is 13.0 Å². The number of benzene rings is 1. The summed E-state index contributed by atoms with van der Waals surface area (Å²) < 4.78 is 20.7. The molecule has 3 N–H and O–H groups in total. The molecule has 1 aliphatic heterocycles. The standard InChI is InChI=1S/C27H36ClN7O2S/c1-16(2)38(36)26-23(14-35(4)34-26)31-25-21(28)13-30-27(33-25)32-22-11-17(3)20(19-7-9-29-10-8-19)12-24(22)37-15-18-5-6-18/h11-14,16,18-19,29H,5-10,15H2,1-4H3,(H2,30,31,32,33). The number of aryl methyl sites for hydroxylation is 2. The van der Waals surface area contributed by atoms with Gasteiger partial charge in [-0.1, -0.05) is 25.4 Å². The Morgan fingerprint density at radius 3 is 2.66 bits per heavy atom. The highest BCUT2D eigenvalue weighted by Gasteiger charge is 2.25. The number of halogens is 1. The summed E-state index contributed by atoms with van der Waals surface area (Å²) in [5.74, 6) is 2.78. The van der Waals surface area contributed by atoms with Crippen LogP contribution in [0.1, 0.15) is 56.6 Å². The molecular weight excluding hydrogens is 522 g/mol. The number of anilines is 4. The van der Waals surface area contributed by atoms with Gasteiger partial charge in [0.1, 0.15) is 10.8 Å². The van der Waals surface area contributed by atoms with E-state index >= 15 is 0 Å². The first-order chi connectivity index (χ1) is 18.3. The fraction of sp³-hybridized carbons (Fsp3) is 0.519. The molecule has 1 saturated heterocycles. The fourth-order valence-corrected chi connectivity index (χ4v) is 5.79. The van der Waals surface area contributed by atoms with Crippen molar-refractivity contribution in [3.63, 3.8) is 0 Å². The second-order valence-corrected chi connectivity index (χ2v) is 12.8. The van der Waals surface area contributed by atoms with Crippen LogP contribution in [0.5, 0.6) is 5.75 Å². The van der Waals surface area contributed by atoms with Crippen LogP contribution in [0.25, 0.3) is 0 Å². The highest BCUT2D eigenvalue weighted by molar-refractivity contribution is 7.85. The van der Waals surface area contributed by atoms with Crippen LogP contribution in [0.15, 0.2) is 29.6 Å². The lowest BCUT2D eigenvalue weighted by Crippen LogP contribution is -2.27. The summed E-state index contributed by atoms with van der Waals surface area (Å²) in [4.78, 5) is 9.06. The molecule has 1 saturated carbocycles. The smallest absolute Gasteiger partial charge is 0.229 e. The minimum Gasteiger partial charge on any atom is -0.491 e. The molecule has 0 bridgehead atoms. The predicted molar refractivity (Wildman–Crippen MR) is 153 cm³/mol. The molecular formula is C27H36ClN7O2S. The van der Waals surface area contributed by atoms with E-state index in [4.69, 9.17) is 16.3 Å². The highest BCUT2D eigenvalue weighted by Crippen LogP contribution is 2.38. The van der Waals surface area contributed by atoms with Crippen molar-refractivity contribution in [1.82, 2.24) is 25.1 Å². The molecule has 0 spiro atoms. The largest absolute Gasteiger partial charge is 0.491 e. The lowest BCUT2D eigenvalue weighted by atomic mass is 9.87. The second-order valence-electron chi connectivity index (χ2n) is 10.5. The van der Waals surface area contributed by atoms with Crippen LogP contribution in [-0.4, -0.2) is 48.9 Å². The van der Waals surface area contributed by atoms with Crippen molar-refractivity contribution >= 4 is 45.5 Å². The molecule has 38 heavy (non-hydrogen) atoms. The first-order valence-corrected chi connectivity index (χ1v) is 14.9. The number of piperidine rings is 1. The molecule has 1 atom stereocenters. The number of hydrogen-bond donors (Lipinski definition) is 3. The molecule has 11 heteroatoms. The molecule has 2 aromatic heterocycles. The van der Waals surface area contributed by atoms with Crippen LogP contribution in [0.2, 0.25) is 5.02 Å². The Labute approximate surface area is 231 Å². The van der Waals surface area contributed by atoms with E-state index in [1.54, 1.807) is 24.1 Å². The highest BCUT2D eigenvalue weighted by atomic mass is 35.5. The third-order valence-electron chi connectivity index (χ3n) is 6.98. The van der Waals surface area contributed by atoms with Crippen molar-refractivity contribution in [1.29, 1.82) is 0 Å². The van der Waals surface area contributed by atoms with Gasteiger partial charge in [-0.2, -0.15) is 10.1 Å². The zero-order valence-corrected chi connectivity index (χ0v) is 24.0. The number of ether oxygens (including phenoxy) is 1. The van der Waals surface area contributed by atoms with Crippen LogP contribution in [0.3, 0.4) is 0 Å². The molecule has 5 rings (SSSR count). The van der Waals surface area contributed by atoms with Gasteiger partial charge in [-0.15, -0.1) is 0 Å². The summed E-state index contributed by atoms with van der Waals surface area (Å²) >= 11 is 6.46. The lowest BCUT2D eigenvalue weighted by Gasteiger charge is -2.26. The Bertz CT molecular complexity index is 1320. The molecule has 3 heterocycles. The Morgan fingerprint density at radius 2 is 1.95 bits per heavy atom. The van der Waals surface area contributed by atoms with Gasteiger partial charge in [-0.25, -0.2) is 4.98 Å². The number of nitrogens with zero attached hydrogens (tertiary/aromatic N) is 4. The normalized spacial score (nSPS) is 17.0. The maximum Gasteiger partial charge on any atom is 0.229 e. The third kappa shape index (κ3) is 6.30. The van der Waals surface area contributed by atoms with E-state index in [9.17, 15) is 4.21 Å². The second kappa shape index (κ2) is 11.6. The third-order valence-corrected chi connectivity index (χ3v) is 8.79. The van der Waals surface area contributed by atoms with Gasteiger partial charge in [0.25, 0.3) is 0 Å². The first-order valence-electron chi connectivity index (χ1n) is 13.3. The van der Waals surface area contributed by atoms with E-state index in [0.29, 0.717) is 45.9 Å². The number of nitrogens with one attached hydrogen (secondary N) is 3. The van der Waals surface area contributed by atoms with E-state index in [-0.39, 0.29) is 5.25 Å².